The topological polar surface area (TPSA) is 58.9 Å². The fourth-order valence-electron chi connectivity index (χ4n) is 1.82. The van der Waals surface area contributed by atoms with E-state index in [0.29, 0.717) is 6.61 Å². The van der Waals surface area contributed by atoms with Gasteiger partial charge in [-0.25, -0.2) is 0 Å². The smallest absolute Gasteiger partial charge is 0.164 e. The first-order valence-electron chi connectivity index (χ1n) is 6.16. The predicted octanol–water partition coefficient (Wildman–Crippen LogP) is 1.76. The van der Waals surface area contributed by atoms with Gasteiger partial charge in [0.05, 0.1) is 18.5 Å². The highest BCUT2D eigenvalue weighted by Gasteiger charge is 2.12. The maximum atomic E-state index is 5.65. The first kappa shape index (κ1) is 11.8. The maximum absolute atomic E-state index is 5.65. The fourth-order valence-corrected chi connectivity index (χ4v) is 1.82. The van der Waals surface area contributed by atoms with E-state index in [0.717, 1.165) is 23.5 Å². The summed E-state index contributed by atoms with van der Waals surface area (Å²) in [6, 6.07) is 5.74. The highest BCUT2D eigenvalue weighted by molar-refractivity contribution is 5.89. The third-order valence-corrected chi connectivity index (χ3v) is 2.81. The minimum absolute atomic E-state index is 0.212. The number of aliphatic imine (C=N–C) groups is 2. The summed E-state index contributed by atoms with van der Waals surface area (Å²) in [5, 5.41) is 3.14. The molecule has 0 saturated carbocycles. The van der Waals surface area contributed by atoms with Crippen LogP contribution < -0.4 is 5.32 Å². The summed E-state index contributed by atoms with van der Waals surface area (Å²) in [7, 11) is 0. The van der Waals surface area contributed by atoms with Crippen LogP contribution in [-0.4, -0.2) is 29.7 Å². The number of aromatic nitrogens is 1. The first-order chi connectivity index (χ1) is 9.42. The molecular weight excluding hydrogens is 240 g/mol. The van der Waals surface area contributed by atoms with E-state index in [9.17, 15) is 0 Å². The molecule has 1 N–H and O–H groups in total. The zero-order chi connectivity index (χ0) is 12.9. The molecule has 0 spiro atoms. The van der Waals surface area contributed by atoms with Gasteiger partial charge in [-0.15, -0.1) is 0 Å². The van der Waals surface area contributed by atoms with Crippen molar-refractivity contribution in [3.8, 4) is 0 Å². The summed E-state index contributed by atoms with van der Waals surface area (Å²) in [6.45, 7) is 0.517. The van der Waals surface area contributed by atoms with E-state index in [-0.39, 0.29) is 6.23 Å². The molecule has 2 aliphatic rings. The van der Waals surface area contributed by atoms with Crippen LogP contribution in [0.1, 0.15) is 12.1 Å². The molecule has 1 atom stereocenters. The lowest BCUT2D eigenvalue weighted by molar-refractivity contribution is 0.119. The van der Waals surface area contributed by atoms with Gasteiger partial charge in [0.25, 0.3) is 0 Å². The van der Waals surface area contributed by atoms with Crippen LogP contribution in [0.2, 0.25) is 0 Å². The average molecular weight is 254 g/mol. The third kappa shape index (κ3) is 2.95. The van der Waals surface area contributed by atoms with E-state index in [2.05, 4.69) is 20.3 Å². The summed E-state index contributed by atoms with van der Waals surface area (Å²) in [4.78, 5) is 12.8. The van der Waals surface area contributed by atoms with E-state index in [1.807, 2.05) is 30.5 Å². The van der Waals surface area contributed by atoms with Gasteiger partial charge >= 0.3 is 0 Å². The number of hydrogen-bond acceptors (Lipinski definition) is 5. The van der Waals surface area contributed by atoms with Crippen molar-refractivity contribution in [1.29, 1.82) is 0 Å². The van der Waals surface area contributed by atoms with Crippen molar-refractivity contribution in [2.45, 2.75) is 12.6 Å². The molecule has 5 nitrogen and oxygen atoms in total. The highest BCUT2D eigenvalue weighted by Crippen LogP contribution is 2.14. The van der Waals surface area contributed by atoms with Gasteiger partial charge in [-0.2, -0.15) is 0 Å². The van der Waals surface area contributed by atoms with Gasteiger partial charge in [0.2, 0.25) is 0 Å². The summed E-state index contributed by atoms with van der Waals surface area (Å²) in [6.07, 6.45) is 9.80. The zero-order valence-electron chi connectivity index (χ0n) is 10.4. The Morgan fingerprint density at radius 2 is 2.37 bits per heavy atom. The van der Waals surface area contributed by atoms with Crippen LogP contribution in [0.15, 0.2) is 52.9 Å². The summed E-state index contributed by atoms with van der Waals surface area (Å²) >= 11 is 0. The molecule has 1 aromatic rings. The van der Waals surface area contributed by atoms with Gasteiger partial charge in [-0.1, -0.05) is 12.1 Å². The predicted molar refractivity (Wildman–Crippen MR) is 74.8 cm³/mol. The highest BCUT2D eigenvalue weighted by atomic mass is 16.5. The third-order valence-electron chi connectivity index (χ3n) is 2.81. The maximum Gasteiger partial charge on any atom is 0.164 e. The van der Waals surface area contributed by atoms with Crippen molar-refractivity contribution in [3.63, 3.8) is 0 Å². The van der Waals surface area contributed by atoms with Gasteiger partial charge in [0, 0.05) is 30.7 Å². The van der Waals surface area contributed by atoms with Crippen LogP contribution in [0.25, 0.3) is 5.70 Å². The number of allylic oxidation sites excluding steroid dienone is 1. The Hall–Kier alpha value is -2.27. The number of pyridine rings is 1. The molecule has 0 saturated heterocycles. The molecular formula is C14H14N4O. The monoisotopic (exact) mass is 254 g/mol. The average Bonchev–Trinajstić information content (AvgIpc) is 3.00. The molecule has 3 rings (SSSR count). The lowest BCUT2D eigenvalue weighted by Gasteiger charge is -2.18. The van der Waals surface area contributed by atoms with E-state index in [1.54, 1.807) is 18.6 Å². The molecule has 2 aliphatic heterocycles. The number of hydrogen-bond donors (Lipinski definition) is 1. The van der Waals surface area contributed by atoms with Crippen LogP contribution in [-0.2, 0) is 4.74 Å². The molecule has 0 fully saturated rings. The van der Waals surface area contributed by atoms with E-state index in [1.165, 1.54) is 0 Å². The quantitative estimate of drug-likeness (QED) is 0.890. The number of nitrogens with one attached hydrogen (secondary N) is 1. The van der Waals surface area contributed by atoms with E-state index in [4.69, 9.17) is 4.74 Å². The zero-order valence-corrected chi connectivity index (χ0v) is 10.4. The van der Waals surface area contributed by atoms with Gasteiger partial charge in [-0.3, -0.25) is 15.0 Å². The Balaban J connectivity index is 1.54. The molecule has 0 aromatic carbocycles. The molecule has 19 heavy (non-hydrogen) atoms. The van der Waals surface area contributed by atoms with Crippen molar-refractivity contribution < 1.29 is 4.74 Å². The van der Waals surface area contributed by atoms with Gasteiger partial charge in [0.1, 0.15) is 5.70 Å². The summed E-state index contributed by atoms with van der Waals surface area (Å²) in [5.74, 6) is 0. The largest absolute Gasteiger partial charge is 0.360 e. The Labute approximate surface area is 111 Å². The van der Waals surface area contributed by atoms with E-state index >= 15 is 0 Å². The van der Waals surface area contributed by atoms with Crippen molar-refractivity contribution in [3.05, 3.63) is 48.6 Å². The van der Waals surface area contributed by atoms with Gasteiger partial charge < -0.3 is 10.1 Å². The SMILES string of the molecule is C1=CN=C(COC2C=NC(c3ccccn3)=CN2)C1. The fraction of sp³-hybridized carbons (Fsp3) is 0.214. The number of ether oxygens (including phenoxy) is 1. The molecule has 1 unspecified atom stereocenters. The van der Waals surface area contributed by atoms with Crippen LogP contribution >= 0.6 is 0 Å². The minimum atomic E-state index is -0.212. The molecule has 0 amide bonds. The second-order valence-electron chi connectivity index (χ2n) is 4.21. The summed E-state index contributed by atoms with van der Waals surface area (Å²) < 4.78 is 5.65. The Morgan fingerprint density at radius 3 is 3.05 bits per heavy atom. The van der Waals surface area contributed by atoms with Crippen LogP contribution in [0.4, 0.5) is 0 Å². The molecule has 0 aliphatic carbocycles. The lowest BCUT2D eigenvalue weighted by Crippen LogP contribution is -2.33. The van der Waals surface area contributed by atoms with Crippen LogP contribution in [0.3, 0.4) is 0 Å². The van der Waals surface area contributed by atoms with Crippen LogP contribution in [0, 0.1) is 0 Å². The van der Waals surface area contributed by atoms with Crippen molar-refractivity contribution in [1.82, 2.24) is 10.3 Å². The Kier molecular flexibility index (Phi) is 3.47. The van der Waals surface area contributed by atoms with Crippen LogP contribution in [0.5, 0.6) is 0 Å². The lowest BCUT2D eigenvalue weighted by atomic mass is 10.3. The first-order valence-corrected chi connectivity index (χ1v) is 6.16. The van der Waals surface area contributed by atoms with Gasteiger partial charge in [0.15, 0.2) is 6.23 Å². The van der Waals surface area contributed by atoms with Gasteiger partial charge in [-0.05, 0) is 12.1 Å². The van der Waals surface area contributed by atoms with Crippen molar-refractivity contribution >= 4 is 17.6 Å². The molecule has 5 heteroatoms. The van der Waals surface area contributed by atoms with Crippen molar-refractivity contribution in [2.75, 3.05) is 6.61 Å². The second-order valence-corrected chi connectivity index (χ2v) is 4.21. The Bertz CT molecular complexity index is 560. The molecule has 1 aromatic heterocycles. The minimum Gasteiger partial charge on any atom is -0.360 e. The molecule has 96 valence electrons. The normalized spacial score (nSPS) is 20.9. The molecule has 0 bridgehead atoms. The number of nitrogens with zero attached hydrogens (tertiary/aromatic N) is 3. The second kappa shape index (κ2) is 5.58. The van der Waals surface area contributed by atoms with E-state index < -0.39 is 0 Å². The molecule has 0 radical (unpaired) electrons. The number of rotatable bonds is 4. The Morgan fingerprint density at radius 1 is 1.37 bits per heavy atom. The summed E-state index contributed by atoms with van der Waals surface area (Å²) in [5.41, 5.74) is 2.68. The molecule has 3 heterocycles. The van der Waals surface area contributed by atoms with Crippen molar-refractivity contribution in [2.24, 2.45) is 9.98 Å². The standard InChI is InChI=1S/C14H14N4O/c1-2-6-16-12(5-1)13-8-18-14(9-17-13)19-10-11-4-3-7-15-11/h1-3,5-9,14,18H,4,10H2.